The van der Waals surface area contributed by atoms with Gasteiger partial charge in [-0.05, 0) is 83.7 Å². The van der Waals surface area contributed by atoms with Gasteiger partial charge in [0.05, 0.1) is 16.8 Å². The van der Waals surface area contributed by atoms with Gasteiger partial charge in [0.25, 0.3) is 11.8 Å². The van der Waals surface area contributed by atoms with Gasteiger partial charge in [-0.1, -0.05) is 6.07 Å². The highest BCUT2D eigenvalue weighted by molar-refractivity contribution is 9.10. The molecule has 0 aromatic heterocycles. The fraction of sp³-hybridized carbons (Fsp3) is 0.190. The van der Waals surface area contributed by atoms with Crippen LogP contribution in [0.2, 0.25) is 0 Å². The molecule has 0 unspecified atom stereocenters. The van der Waals surface area contributed by atoms with E-state index < -0.39 is 17.8 Å². The number of rotatable bonds is 4. The first kappa shape index (κ1) is 20.6. The zero-order chi connectivity index (χ0) is 21.3. The average molecular weight is 459 g/mol. The van der Waals surface area contributed by atoms with Gasteiger partial charge in [0.2, 0.25) is 0 Å². The van der Waals surface area contributed by atoms with Crippen LogP contribution in [0, 0.1) is 13.8 Å². The molecule has 2 N–H and O–H groups in total. The average Bonchev–Trinajstić information content (AvgIpc) is 2.62. The number of amides is 4. The molecule has 0 bridgehead atoms. The SMILES string of the molecule is CCOc1cc(/C=C2\C(=O)NC(=O)N(c3cc(C)cc(C)c3)C2=O)cc(Br)c1O. The highest BCUT2D eigenvalue weighted by Crippen LogP contribution is 2.36. The quantitative estimate of drug-likeness (QED) is 0.535. The van der Waals surface area contributed by atoms with Gasteiger partial charge in [-0.25, -0.2) is 9.69 Å². The van der Waals surface area contributed by atoms with Crippen molar-refractivity contribution >= 4 is 45.5 Å². The van der Waals surface area contributed by atoms with Crippen molar-refractivity contribution in [2.24, 2.45) is 0 Å². The largest absolute Gasteiger partial charge is 0.503 e. The second kappa shape index (κ2) is 8.08. The Labute approximate surface area is 176 Å². The molecule has 1 aliphatic rings. The van der Waals surface area contributed by atoms with Crippen molar-refractivity contribution in [3.63, 3.8) is 0 Å². The molecule has 7 nitrogen and oxygen atoms in total. The smallest absolute Gasteiger partial charge is 0.335 e. The van der Waals surface area contributed by atoms with E-state index in [9.17, 15) is 19.5 Å². The predicted molar refractivity (Wildman–Crippen MR) is 112 cm³/mol. The van der Waals surface area contributed by atoms with Gasteiger partial charge >= 0.3 is 6.03 Å². The van der Waals surface area contributed by atoms with Gasteiger partial charge in [-0.15, -0.1) is 0 Å². The van der Waals surface area contributed by atoms with Crippen LogP contribution in [0.3, 0.4) is 0 Å². The number of barbiturate groups is 1. The molecule has 1 heterocycles. The number of hydrogen-bond acceptors (Lipinski definition) is 5. The van der Waals surface area contributed by atoms with Crippen LogP contribution in [0.5, 0.6) is 11.5 Å². The Bertz CT molecular complexity index is 1040. The minimum atomic E-state index is -0.802. The number of phenolic OH excluding ortho intramolecular Hbond substituents is 1. The summed E-state index contributed by atoms with van der Waals surface area (Å²) in [4.78, 5) is 38.7. The van der Waals surface area contributed by atoms with Crippen molar-refractivity contribution < 1.29 is 24.2 Å². The van der Waals surface area contributed by atoms with Crippen molar-refractivity contribution in [2.45, 2.75) is 20.8 Å². The lowest BCUT2D eigenvalue weighted by atomic mass is 10.0. The maximum absolute atomic E-state index is 13.0. The minimum Gasteiger partial charge on any atom is -0.503 e. The van der Waals surface area contributed by atoms with Crippen LogP contribution in [0.4, 0.5) is 10.5 Å². The number of phenols is 1. The molecule has 4 amide bonds. The van der Waals surface area contributed by atoms with E-state index >= 15 is 0 Å². The lowest BCUT2D eigenvalue weighted by molar-refractivity contribution is -0.122. The van der Waals surface area contributed by atoms with Crippen molar-refractivity contribution in [3.8, 4) is 11.5 Å². The van der Waals surface area contributed by atoms with E-state index in [-0.39, 0.29) is 17.1 Å². The first-order valence-electron chi connectivity index (χ1n) is 8.86. The van der Waals surface area contributed by atoms with E-state index in [1.807, 2.05) is 19.9 Å². The van der Waals surface area contributed by atoms with Crippen molar-refractivity contribution in [1.82, 2.24) is 5.32 Å². The van der Waals surface area contributed by atoms with Crippen LogP contribution in [0.25, 0.3) is 6.08 Å². The van der Waals surface area contributed by atoms with Gasteiger partial charge in [0.15, 0.2) is 11.5 Å². The number of hydrogen-bond donors (Lipinski definition) is 2. The number of carbonyl (C=O) groups excluding carboxylic acids is 3. The maximum atomic E-state index is 13.0. The number of urea groups is 1. The molecule has 2 aromatic rings. The summed E-state index contributed by atoms with van der Waals surface area (Å²) in [5.74, 6) is -1.39. The highest BCUT2D eigenvalue weighted by atomic mass is 79.9. The number of nitrogens with one attached hydrogen (secondary N) is 1. The minimum absolute atomic E-state index is 0.0829. The lowest BCUT2D eigenvalue weighted by Crippen LogP contribution is -2.54. The molecular formula is C21H19BrN2O5. The Morgan fingerprint density at radius 2 is 1.76 bits per heavy atom. The molecule has 0 saturated carbocycles. The van der Waals surface area contributed by atoms with Crippen molar-refractivity contribution in [1.29, 1.82) is 0 Å². The Morgan fingerprint density at radius 1 is 1.10 bits per heavy atom. The molecule has 150 valence electrons. The molecular weight excluding hydrogens is 440 g/mol. The standard InChI is InChI=1S/C21H19BrN2O5/c1-4-29-17-10-13(9-16(22)18(17)25)8-15-19(26)23-21(28)24(20(15)27)14-6-11(2)5-12(3)7-14/h5-10,25H,4H2,1-3H3,(H,23,26,28)/b15-8+. The normalized spacial score (nSPS) is 15.7. The predicted octanol–water partition coefficient (Wildman–Crippen LogP) is 3.84. The fourth-order valence-corrected chi connectivity index (χ4v) is 3.54. The van der Waals surface area contributed by atoms with Gasteiger partial charge in [-0.2, -0.15) is 0 Å². The van der Waals surface area contributed by atoms with E-state index in [0.717, 1.165) is 16.0 Å². The number of ether oxygens (including phenoxy) is 1. The van der Waals surface area contributed by atoms with E-state index in [0.29, 0.717) is 22.3 Å². The molecule has 0 radical (unpaired) electrons. The van der Waals surface area contributed by atoms with Gasteiger partial charge in [-0.3, -0.25) is 14.9 Å². The monoisotopic (exact) mass is 458 g/mol. The second-order valence-corrected chi connectivity index (χ2v) is 7.44. The molecule has 1 fully saturated rings. The summed E-state index contributed by atoms with van der Waals surface area (Å²) in [7, 11) is 0. The first-order chi connectivity index (χ1) is 13.7. The van der Waals surface area contributed by atoms with Crippen LogP contribution in [0.1, 0.15) is 23.6 Å². The maximum Gasteiger partial charge on any atom is 0.335 e. The Balaban J connectivity index is 2.06. The lowest BCUT2D eigenvalue weighted by Gasteiger charge is -2.27. The molecule has 0 aliphatic carbocycles. The van der Waals surface area contributed by atoms with E-state index in [2.05, 4.69) is 21.2 Å². The van der Waals surface area contributed by atoms with Crippen LogP contribution in [-0.4, -0.2) is 29.6 Å². The summed E-state index contributed by atoms with van der Waals surface area (Å²) in [6.45, 7) is 5.81. The molecule has 3 rings (SSSR count). The summed E-state index contributed by atoms with van der Waals surface area (Å²) in [6.07, 6.45) is 1.35. The number of nitrogens with zero attached hydrogens (tertiary/aromatic N) is 1. The van der Waals surface area contributed by atoms with Crippen LogP contribution >= 0.6 is 15.9 Å². The number of imide groups is 2. The Hall–Kier alpha value is -3.13. The molecule has 1 saturated heterocycles. The number of halogens is 1. The van der Waals surface area contributed by atoms with Gasteiger partial charge in [0.1, 0.15) is 5.57 Å². The number of benzene rings is 2. The second-order valence-electron chi connectivity index (χ2n) is 6.59. The molecule has 0 spiro atoms. The summed E-state index contributed by atoms with van der Waals surface area (Å²) < 4.78 is 5.72. The van der Waals surface area contributed by atoms with Crippen molar-refractivity contribution in [2.75, 3.05) is 11.5 Å². The number of carbonyl (C=O) groups is 3. The molecule has 1 aliphatic heterocycles. The third-order valence-corrected chi connectivity index (χ3v) is 4.83. The highest BCUT2D eigenvalue weighted by Gasteiger charge is 2.37. The van der Waals surface area contributed by atoms with E-state index in [4.69, 9.17) is 4.74 Å². The molecule has 2 aromatic carbocycles. The Kier molecular flexibility index (Phi) is 5.74. The van der Waals surface area contributed by atoms with Crippen LogP contribution in [-0.2, 0) is 9.59 Å². The van der Waals surface area contributed by atoms with Crippen molar-refractivity contribution in [3.05, 3.63) is 57.1 Å². The number of aryl methyl sites for hydroxylation is 2. The van der Waals surface area contributed by atoms with Gasteiger partial charge < -0.3 is 9.84 Å². The molecule has 29 heavy (non-hydrogen) atoms. The van der Waals surface area contributed by atoms with E-state index in [1.165, 1.54) is 12.1 Å². The number of aromatic hydroxyl groups is 1. The number of anilines is 1. The fourth-order valence-electron chi connectivity index (χ4n) is 3.08. The van der Waals surface area contributed by atoms with E-state index in [1.54, 1.807) is 25.1 Å². The summed E-state index contributed by atoms with van der Waals surface area (Å²) >= 11 is 3.23. The van der Waals surface area contributed by atoms with Crippen LogP contribution in [0.15, 0.2) is 40.4 Å². The zero-order valence-corrected chi connectivity index (χ0v) is 17.7. The van der Waals surface area contributed by atoms with Gasteiger partial charge in [0, 0.05) is 0 Å². The third-order valence-electron chi connectivity index (χ3n) is 4.23. The topological polar surface area (TPSA) is 95.9 Å². The summed E-state index contributed by atoms with van der Waals surface area (Å²) in [5.41, 5.74) is 2.39. The van der Waals surface area contributed by atoms with Crippen LogP contribution < -0.4 is 15.0 Å². The Morgan fingerprint density at radius 3 is 2.38 bits per heavy atom. The summed E-state index contributed by atoms with van der Waals surface area (Å²) in [5, 5.41) is 12.2. The zero-order valence-electron chi connectivity index (χ0n) is 16.1. The molecule has 8 heteroatoms. The third kappa shape index (κ3) is 4.17. The molecule has 0 atom stereocenters. The first-order valence-corrected chi connectivity index (χ1v) is 9.65. The summed E-state index contributed by atoms with van der Waals surface area (Å²) in [6, 6.07) is 7.56.